The maximum Gasteiger partial charge on any atom is 0.164 e. The summed E-state index contributed by atoms with van der Waals surface area (Å²) in [6, 6.07) is 16.2. The van der Waals surface area contributed by atoms with Gasteiger partial charge >= 0.3 is 0 Å². The molecule has 0 saturated carbocycles. The number of carbonyl (C=O) groups is 1. The van der Waals surface area contributed by atoms with Gasteiger partial charge in [0.25, 0.3) is 0 Å². The molecule has 3 heterocycles. The van der Waals surface area contributed by atoms with Crippen molar-refractivity contribution in [2.24, 2.45) is 0 Å². The van der Waals surface area contributed by atoms with Crippen molar-refractivity contribution < 1.29 is 4.79 Å². The third-order valence-electron chi connectivity index (χ3n) is 6.45. The number of hydrogen-bond acceptors (Lipinski definition) is 5. The first-order valence-corrected chi connectivity index (χ1v) is 12.3. The first-order valence-electron chi connectivity index (χ1n) is 12.3. The first-order chi connectivity index (χ1) is 16.6. The molecule has 0 bridgehead atoms. The first kappa shape index (κ1) is 23.8. The van der Waals surface area contributed by atoms with Crippen LogP contribution in [0.4, 0.5) is 0 Å². The molecule has 3 aromatic heterocycles. The fourth-order valence-corrected chi connectivity index (χ4v) is 4.60. The summed E-state index contributed by atoms with van der Waals surface area (Å²) in [7, 11) is 0. The Bertz CT molecular complexity index is 1230. The van der Waals surface area contributed by atoms with E-state index >= 15 is 0 Å². The molecule has 1 aromatic carbocycles. The van der Waals surface area contributed by atoms with Crippen molar-refractivity contribution in [2.75, 3.05) is 13.1 Å². The van der Waals surface area contributed by atoms with E-state index in [0.717, 1.165) is 54.8 Å². The lowest BCUT2D eigenvalue weighted by Gasteiger charge is -2.29. The summed E-state index contributed by atoms with van der Waals surface area (Å²) < 4.78 is 1.75. The molecule has 0 spiro atoms. The topological polar surface area (TPSA) is 63.4 Å². The van der Waals surface area contributed by atoms with Gasteiger partial charge in [0, 0.05) is 36.0 Å². The molecule has 6 heteroatoms. The maximum absolute atomic E-state index is 13.1. The van der Waals surface area contributed by atoms with Crippen molar-refractivity contribution >= 4 is 11.4 Å². The molecule has 1 unspecified atom stereocenters. The van der Waals surface area contributed by atoms with Gasteiger partial charge in [-0.25, -0.2) is 9.50 Å². The number of hydrogen-bond donors (Lipinski definition) is 0. The molecule has 0 fully saturated rings. The summed E-state index contributed by atoms with van der Waals surface area (Å²) in [6.45, 7) is 8.62. The number of benzene rings is 1. The molecule has 0 aliphatic carbocycles. The van der Waals surface area contributed by atoms with Gasteiger partial charge in [-0.15, -0.1) is 0 Å². The Hall–Kier alpha value is -3.38. The maximum atomic E-state index is 13.1. The van der Waals surface area contributed by atoms with Crippen molar-refractivity contribution in [1.29, 1.82) is 0 Å². The zero-order valence-corrected chi connectivity index (χ0v) is 20.3. The molecule has 6 nitrogen and oxygen atoms in total. The van der Waals surface area contributed by atoms with Gasteiger partial charge in [0.2, 0.25) is 0 Å². The minimum Gasteiger partial charge on any atom is -0.301 e. The number of nitrogens with zero attached hydrogens (tertiary/aromatic N) is 5. The van der Waals surface area contributed by atoms with Crippen LogP contribution < -0.4 is 0 Å². The fourth-order valence-electron chi connectivity index (χ4n) is 4.60. The summed E-state index contributed by atoms with van der Waals surface area (Å²) in [6.07, 6.45) is 9.05. The molecule has 4 aromatic rings. The van der Waals surface area contributed by atoms with Gasteiger partial charge in [0.05, 0.1) is 23.1 Å². The lowest BCUT2D eigenvalue weighted by Crippen LogP contribution is -2.35. The number of ketones is 1. The quantitative estimate of drug-likeness (QED) is 0.262. The third-order valence-corrected chi connectivity index (χ3v) is 6.45. The van der Waals surface area contributed by atoms with E-state index in [4.69, 9.17) is 4.98 Å². The van der Waals surface area contributed by atoms with Crippen LogP contribution in [0.5, 0.6) is 0 Å². The van der Waals surface area contributed by atoms with Crippen molar-refractivity contribution in [1.82, 2.24) is 24.5 Å². The van der Waals surface area contributed by atoms with Crippen molar-refractivity contribution in [3.05, 3.63) is 72.7 Å². The van der Waals surface area contributed by atoms with Crippen LogP contribution >= 0.6 is 0 Å². The molecule has 0 amide bonds. The average Bonchev–Trinajstić information content (AvgIpc) is 3.31. The predicted molar refractivity (Wildman–Crippen MR) is 137 cm³/mol. The molecule has 0 radical (unpaired) electrons. The third kappa shape index (κ3) is 5.23. The number of fused-ring (bicyclic) bond motifs is 1. The molecule has 176 valence electrons. The SMILES string of the molecule is CCCC(CCC(=O)c1ccnc(-c2cnn3ccc(-c4ccccc4)nc23)c1)N(CC)CC. The number of carbonyl (C=O) groups excluding carboxylic acids is 1. The lowest BCUT2D eigenvalue weighted by atomic mass is 9.99. The Labute approximate surface area is 201 Å². The summed E-state index contributed by atoms with van der Waals surface area (Å²) >= 11 is 0. The largest absolute Gasteiger partial charge is 0.301 e. The molecular weight excluding hydrogens is 422 g/mol. The standard InChI is InChI=1S/C28H33N5O/c1-4-10-23(32(5-2)6-3)13-14-27(34)22-15-17-29-26(19-22)24-20-30-33-18-16-25(31-28(24)33)21-11-8-7-9-12-21/h7-9,11-12,15-20,23H,4-6,10,13-14H2,1-3H3. The van der Waals surface area contributed by atoms with Crippen LogP contribution in [0, 0.1) is 0 Å². The normalized spacial score (nSPS) is 12.4. The minimum absolute atomic E-state index is 0.159. The average molecular weight is 456 g/mol. The molecular formula is C28H33N5O. The molecule has 4 rings (SSSR count). The van der Waals surface area contributed by atoms with Crippen LogP contribution in [0.1, 0.15) is 56.8 Å². The van der Waals surface area contributed by atoms with Gasteiger partial charge in [-0.05, 0) is 44.1 Å². The van der Waals surface area contributed by atoms with Crippen molar-refractivity contribution in [2.45, 2.75) is 52.5 Å². The zero-order chi connectivity index (χ0) is 23.9. The second kappa shape index (κ2) is 11.2. The summed E-state index contributed by atoms with van der Waals surface area (Å²) in [5.74, 6) is 0.159. The second-order valence-corrected chi connectivity index (χ2v) is 8.56. The van der Waals surface area contributed by atoms with E-state index in [2.05, 4.69) is 35.8 Å². The second-order valence-electron chi connectivity index (χ2n) is 8.56. The smallest absolute Gasteiger partial charge is 0.164 e. The highest BCUT2D eigenvalue weighted by Gasteiger charge is 2.18. The molecule has 34 heavy (non-hydrogen) atoms. The van der Waals surface area contributed by atoms with Gasteiger partial charge in [-0.3, -0.25) is 9.78 Å². The Kier molecular flexibility index (Phi) is 7.80. The molecule has 1 atom stereocenters. The number of rotatable bonds is 11. The highest BCUT2D eigenvalue weighted by Crippen LogP contribution is 2.25. The summed E-state index contributed by atoms with van der Waals surface area (Å²) in [4.78, 5) is 24.9. The minimum atomic E-state index is 0.159. The Morgan fingerprint density at radius 2 is 1.79 bits per heavy atom. The highest BCUT2D eigenvalue weighted by atomic mass is 16.1. The van der Waals surface area contributed by atoms with E-state index in [9.17, 15) is 4.79 Å². The highest BCUT2D eigenvalue weighted by molar-refractivity contribution is 5.97. The Morgan fingerprint density at radius 1 is 1.00 bits per heavy atom. The number of aromatic nitrogens is 4. The molecule has 0 aliphatic heterocycles. The van der Waals surface area contributed by atoms with Crippen LogP contribution in [0.25, 0.3) is 28.2 Å². The Balaban J connectivity index is 1.57. The van der Waals surface area contributed by atoms with Crippen LogP contribution in [0.3, 0.4) is 0 Å². The number of Topliss-reactive ketones (excluding diaryl/α,β-unsaturated/α-hetero) is 1. The number of pyridine rings is 1. The predicted octanol–water partition coefficient (Wildman–Crippen LogP) is 5.93. The zero-order valence-electron chi connectivity index (χ0n) is 20.3. The van der Waals surface area contributed by atoms with Gasteiger partial charge in [-0.1, -0.05) is 57.5 Å². The van der Waals surface area contributed by atoms with Gasteiger partial charge < -0.3 is 4.90 Å². The van der Waals surface area contributed by atoms with Crippen LogP contribution in [-0.4, -0.2) is 49.4 Å². The van der Waals surface area contributed by atoms with E-state index in [-0.39, 0.29) is 5.78 Å². The summed E-state index contributed by atoms with van der Waals surface area (Å²) in [5, 5.41) is 4.45. The van der Waals surface area contributed by atoms with E-state index in [1.54, 1.807) is 16.9 Å². The van der Waals surface area contributed by atoms with Crippen molar-refractivity contribution in [3.63, 3.8) is 0 Å². The summed E-state index contributed by atoms with van der Waals surface area (Å²) in [5.41, 5.74) is 4.87. The fraction of sp³-hybridized carbons (Fsp3) is 0.357. The monoisotopic (exact) mass is 455 g/mol. The van der Waals surface area contributed by atoms with Crippen LogP contribution in [-0.2, 0) is 0 Å². The van der Waals surface area contributed by atoms with E-state index in [1.807, 2.05) is 54.7 Å². The van der Waals surface area contributed by atoms with Gasteiger partial charge in [0.15, 0.2) is 11.4 Å². The molecule has 0 aliphatic rings. The van der Waals surface area contributed by atoms with E-state index < -0.39 is 0 Å². The Morgan fingerprint density at radius 3 is 2.53 bits per heavy atom. The van der Waals surface area contributed by atoms with Crippen LogP contribution in [0.2, 0.25) is 0 Å². The van der Waals surface area contributed by atoms with Crippen molar-refractivity contribution in [3.8, 4) is 22.5 Å². The molecule has 0 saturated heterocycles. The van der Waals surface area contributed by atoms with Gasteiger partial charge in [0.1, 0.15) is 0 Å². The molecule has 0 N–H and O–H groups in total. The lowest BCUT2D eigenvalue weighted by molar-refractivity contribution is 0.0958. The van der Waals surface area contributed by atoms with Gasteiger partial charge in [-0.2, -0.15) is 5.10 Å². The van der Waals surface area contributed by atoms with E-state index in [1.165, 1.54) is 0 Å². The van der Waals surface area contributed by atoms with Crippen LogP contribution in [0.15, 0.2) is 67.1 Å². The van der Waals surface area contributed by atoms with E-state index in [0.29, 0.717) is 23.7 Å².